The number of hydrogen-bond acceptors (Lipinski definition) is 5. The van der Waals surface area contributed by atoms with Gasteiger partial charge in [-0.2, -0.15) is 0 Å². The Morgan fingerprint density at radius 1 is 1.35 bits per heavy atom. The van der Waals surface area contributed by atoms with Crippen LogP contribution in [0.25, 0.3) is 0 Å². The van der Waals surface area contributed by atoms with E-state index in [1.54, 1.807) is 7.05 Å². The molecule has 2 fully saturated rings. The van der Waals surface area contributed by atoms with Gasteiger partial charge in [-0.05, 0) is 30.7 Å². The Hall–Kier alpha value is -1.79. The first-order chi connectivity index (χ1) is 11.0. The van der Waals surface area contributed by atoms with Gasteiger partial charge >= 0.3 is 0 Å². The molecule has 0 N–H and O–H groups in total. The third-order valence-electron chi connectivity index (χ3n) is 3.94. The number of ether oxygens (including phenoxy) is 1. The van der Waals surface area contributed by atoms with Crippen molar-refractivity contribution in [3.05, 3.63) is 58.9 Å². The number of allylic oxidation sites excluding steroid dienone is 6. The van der Waals surface area contributed by atoms with Crippen LogP contribution in [0, 0.1) is 0 Å². The molecular formula is C17H18N2O2S2. The fourth-order valence-corrected chi connectivity index (χ4v) is 3.79. The molecule has 0 spiro atoms. The van der Waals surface area contributed by atoms with E-state index < -0.39 is 0 Å². The van der Waals surface area contributed by atoms with Gasteiger partial charge in [0, 0.05) is 14.1 Å². The van der Waals surface area contributed by atoms with Crippen molar-refractivity contribution in [1.82, 2.24) is 9.80 Å². The summed E-state index contributed by atoms with van der Waals surface area (Å²) in [7, 11) is 3.72. The number of nitrogens with zero attached hydrogens (tertiary/aromatic N) is 2. The first-order valence-corrected chi connectivity index (χ1v) is 8.54. The monoisotopic (exact) mass is 346 g/mol. The maximum atomic E-state index is 12.0. The van der Waals surface area contributed by atoms with Gasteiger partial charge in [0.05, 0.1) is 10.9 Å². The fraction of sp³-hybridized carbons (Fsp3) is 0.294. The first-order valence-electron chi connectivity index (χ1n) is 7.32. The Kier molecular flexibility index (Phi) is 4.46. The number of amides is 1. The predicted octanol–water partition coefficient (Wildman–Crippen LogP) is 2.97. The summed E-state index contributed by atoms with van der Waals surface area (Å²) in [6.07, 6.45) is 14.1. The number of hydrogen-bond donors (Lipinski definition) is 0. The zero-order valence-electron chi connectivity index (χ0n) is 13.2. The van der Waals surface area contributed by atoms with Crippen LogP contribution in [0.4, 0.5) is 0 Å². The van der Waals surface area contributed by atoms with E-state index in [4.69, 9.17) is 17.0 Å². The van der Waals surface area contributed by atoms with Crippen molar-refractivity contribution < 1.29 is 9.53 Å². The largest absolute Gasteiger partial charge is 0.469 e. The number of carbonyl (C=O) groups excluding carboxylic acids is 1. The normalized spacial score (nSPS) is 30.7. The molecule has 4 nitrogen and oxygen atoms in total. The molecule has 2 aliphatic heterocycles. The molecule has 0 aromatic rings. The van der Waals surface area contributed by atoms with Gasteiger partial charge < -0.3 is 9.64 Å². The van der Waals surface area contributed by atoms with Crippen LogP contribution >= 0.6 is 24.0 Å². The lowest BCUT2D eigenvalue weighted by Crippen LogP contribution is -2.29. The van der Waals surface area contributed by atoms with E-state index in [-0.39, 0.29) is 18.1 Å². The quantitative estimate of drug-likeness (QED) is 0.567. The van der Waals surface area contributed by atoms with Crippen molar-refractivity contribution >= 4 is 34.2 Å². The van der Waals surface area contributed by atoms with E-state index in [1.165, 1.54) is 16.7 Å². The second-order valence-electron chi connectivity index (χ2n) is 5.61. The molecule has 0 saturated carbocycles. The molecule has 1 amide bonds. The van der Waals surface area contributed by atoms with E-state index in [2.05, 4.69) is 17.1 Å². The van der Waals surface area contributed by atoms with E-state index in [0.717, 1.165) is 11.5 Å². The van der Waals surface area contributed by atoms with Crippen LogP contribution in [0.5, 0.6) is 0 Å². The lowest BCUT2D eigenvalue weighted by atomic mass is 10.1. The molecule has 0 aromatic heterocycles. The smallest absolute Gasteiger partial charge is 0.265 e. The van der Waals surface area contributed by atoms with Gasteiger partial charge in [-0.1, -0.05) is 48.3 Å². The number of likely N-dealkylation sites (N-methyl/N-ethyl adjacent to an activating group) is 2. The summed E-state index contributed by atoms with van der Waals surface area (Å²) in [4.78, 5) is 16.3. The van der Waals surface area contributed by atoms with Gasteiger partial charge in [0.15, 0.2) is 5.88 Å². The number of fused-ring (bicyclic) bond motifs is 1. The molecule has 0 radical (unpaired) electrons. The average Bonchev–Trinajstić information content (AvgIpc) is 2.98. The topological polar surface area (TPSA) is 32.8 Å². The summed E-state index contributed by atoms with van der Waals surface area (Å²) in [6, 6.07) is 0.247. The zero-order chi connectivity index (χ0) is 16.6. The van der Waals surface area contributed by atoms with Gasteiger partial charge in [0.2, 0.25) is 0 Å². The molecule has 0 bridgehead atoms. The highest BCUT2D eigenvalue weighted by Crippen LogP contribution is 2.31. The van der Waals surface area contributed by atoms with E-state index >= 15 is 0 Å². The molecule has 3 aliphatic rings. The van der Waals surface area contributed by atoms with Crippen molar-refractivity contribution in [2.45, 2.75) is 19.1 Å². The highest BCUT2D eigenvalue weighted by atomic mass is 32.2. The molecule has 2 heterocycles. The Bertz CT molecular complexity index is 703. The molecule has 120 valence electrons. The summed E-state index contributed by atoms with van der Waals surface area (Å²) in [5, 5.41) is 0. The molecule has 23 heavy (non-hydrogen) atoms. The standard InChI is InChI=1S/C17H18N2O2S2/c1-11(10-14-16(20)19(3)17(22)23-14)8-9-15-18(2)12-6-4-5-7-13(12)21-15/h4-10,12-13H,1-3H3/b11-8?,14-10+,15-9?. The average molecular weight is 346 g/mol. The van der Waals surface area contributed by atoms with Crippen LogP contribution < -0.4 is 0 Å². The predicted molar refractivity (Wildman–Crippen MR) is 97.6 cm³/mol. The summed E-state index contributed by atoms with van der Waals surface area (Å²) >= 11 is 6.46. The summed E-state index contributed by atoms with van der Waals surface area (Å²) in [5.41, 5.74) is 0.976. The summed E-state index contributed by atoms with van der Waals surface area (Å²) in [5.74, 6) is 0.780. The van der Waals surface area contributed by atoms with E-state index in [9.17, 15) is 4.79 Å². The minimum Gasteiger partial charge on any atom is -0.469 e. The van der Waals surface area contributed by atoms with Crippen LogP contribution in [0.15, 0.2) is 58.9 Å². The van der Waals surface area contributed by atoms with Crippen LogP contribution in [-0.2, 0) is 9.53 Å². The van der Waals surface area contributed by atoms with Crippen molar-refractivity contribution in [2.24, 2.45) is 0 Å². The van der Waals surface area contributed by atoms with E-state index in [0.29, 0.717) is 9.23 Å². The van der Waals surface area contributed by atoms with Gasteiger partial charge in [-0.15, -0.1) is 0 Å². The molecule has 6 heteroatoms. The Balaban J connectivity index is 1.75. The highest BCUT2D eigenvalue weighted by molar-refractivity contribution is 8.26. The van der Waals surface area contributed by atoms with Gasteiger partial charge in [-0.3, -0.25) is 9.69 Å². The number of thiocarbonyl (C=S) groups is 1. The van der Waals surface area contributed by atoms with Crippen molar-refractivity contribution in [3.63, 3.8) is 0 Å². The van der Waals surface area contributed by atoms with Gasteiger partial charge in [0.25, 0.3) is 5.91 Å². The van der Waals surface area contributed by atoms with Gasteiger partial charge in [-0.25, -0.2) is 0 Å². The number of carbonyl (C=O) groups is 1. The lowest BCUT2D eigenvalue weighted by molar-refractivity contribution is -0.121. The maximum Gasteiger partial charge on any atom is 0.265 e. The van der Waals surface area contributed by atoms with Crippen LogP contribution in [0.2, 0.25) is 0 Å². The van der Waals surface area contributed by atoms with Crippen molar-refractivity contribution in [1.29, 1.82) is 0 Å². The first kappa shape index (κ1) is 16.1. The third-order valence-corrected chi connectivity index (χ3v) is 5.43. The second-order valence-corrected chi connectivity index (χ2v) is 7.29. The van der Waals surface area contributed by atoms with E-state index in [1.807, 2.05) is 44.4 Å². The molecule has 1 aliphatic carbocycles. The molecule has 3 rings (SSSR count). The molecular weight excluding hydrogens is 328 g/mol. The van der Waals surface area contributed by atoms with Crippen LogP contribution in [0.1, 0.15) is 6.92 Å². The number of rotatable bonds is 2. The third kappa shape index (κ3) is 3.14. The lowest BCUT2D eigenvalue weighted by Gasteiger charge is -2.18. The Morgan fingerprint density at radius 3 is 2.74 bits per heavy atom. The minimum absolute atomic E-state index is 0.0454. The summed E-state index contributed by atoms with van der Waals surface area (Å²) < 4.78 is 6.53. The molecule has 0 aromatic carbocycles. The molecule has 2 saturated heterocycles. The Morgan fingerprint density at radius 2 is 2.09 bits per heavy atom. The van der Waals surface area contributed by atoms with Crippen molar-refractivity contribution in [3.8, 4) is 0 Å². The van der Waals surface area contributed by atoms with Gasteiger partial charge in [0.1, 0.15) is 10.4 Å². The maximum absolute atomic E-state index is 12.0. The van der Waals surface area contributed by atoms with Crippen LogP contribution in [0.3, 0.4) is 0 Å². The SMILES string of the molecule is CC(=CC=C1OC2C=CC=CC2N1C)/C=C1/SC(=S)N(C)C1=O. The molecule has 2 atom stereocenters. The van der Waals surface area contributed by atoms with Crippen LogP contribution in [-0.4, -0.2) is 46.3 Å². The molecule has 2 unspecified atom stereocenters. The van der Waals surface area contributed by atoms with Crippen molar-refractivity contribution in [2.75, 3.05) is 14.1 Å². The number of thioether (sulfide) groups is 1. The second kappa shape index (κ2) is 6.37. The fourth-order valence-electron chi connectivity index (χ4n) is 2.56. The zero-order valence-corrected chi connectivity index (χ0v) is 14.9. The summed E-state index contributed by atoms with van der Waals surface area (Å²) in [6.45, 7) is 1.96. The highest BCUT2D eigenvalue weighted by Gasteiger charge is 2.33. The minimum atomic E-state index is -0.0454. The Labute approximate surface area is 145 Å².